The normalized spacial score (nSPS) is 18.2. The van der Waals surface area contributed by atoms with Crippen molar-refractivity contribution in [1.29, 1.82) is 0 Å². The Morgan fingerprint density at radius 2 is 1.91 bits per heavy atom. The molecule has 1 nitrogen and oxygen atoms in total. The SMILES string of the molecule is CCC(C)N1CC=C(c2cc(C)cc(C(F)(F)F)c2C)CC1. The highest BCUT2D eigenvalue weighted by Crippen LogP contribution is 2.37. The smallest absolute Gasteiger partial charge is 0.297 e. The largest absolute Gasteiger partial charge is 0.416 e. The molecule has 1 aromatic rings. The van der Waals surface area contributed by atoms with Gasteiger partial charge in [0, 0.05) is 19.1 Å². The maximum atomic E-state index is 13.2. The van der Waals surface area contributed by atoms with E-state index in [4.69, 9.17) is 0 Å². The summed E-state index contributed by atoms with van der Waals surface area (Å²) in [5, 5.41) is 0. The average molecular weight is 311 g/mol. The van der Waals surface area contributed by atoms with Crippen LogP contribution in [0.2, 0.25) is 0 Å². The quantitative estimate of drug-likeness (QED) is 0.740. The molecule has 0 saturated carbocycles. The van der Waals surface area contributed by atoms with Gasteiger partial charge in [-0.2, -0.15) is 13.2 Å². The molecule has 1 atom stereocenters. The zero-order chi connectivity index (χ0) is 16.5. The average Bonchev–Trinajstić information content (AvgIpc) is 2.47. The maximum absolute atomic E-state index is 13.2. The molecule has 0 aliphatic carbocycles. The van der Waals surface area contributed by atoms with Gasteiger partial charge in [-0.1, -0.05) is 19.1 Å². The van der Waals surface area contributed by atoms with Gasteiger partial charge in [-0.3, -0.25) is 4.90 Å². The van der Waals surface area contributed by atoms with E-state index in [1.165, 1.54) is 6.07 Å². The molecule has 0 spiro atoms. The maximum Gasteiger partial charge on any atom is 0.416 e. The van der Waals surface area contributed by atoms with E-state index in [1.807, 2.05) is 6.07 Å². The monoisotopic (exact) mass is 311 g/mol. The summed E-state index contributed by atoms with van der Waals surface area (Å²) in [6, 6.07) is 3.64. The Labute approximate surface area is 130 Å². The Morgan fingerprint density at radius 1 is 1.23 bits per heavy atom. The van der Waals surface area contributed by atoms with E-state index in [2.05, 4.69) is 24.8 Å². The highest BCUT2D eigenvalue weighted by molar-refractivity contribution is 5.71. The number of aryl methyl sites for hydroxylation is 1. The van der Waals surface area contributed by atoms with Gasteiger partial charge in [-0.05, 0) is 61.9 Å². The van der Waals surface area contributed by atoms with E-state index < -0.39 is 11.7 Å². The molecule has 122 valence electrons. The van der Waals surface area contributed by atoms with Crippen LogP contribution in [0, 0.1) is 13.8 Å². The van der Waals surface area contributed by atoms with Crippen molar-refractivity contribution in [2.24, 2.45) is 0 Å². The van der Waals surface area contributed by atoms with Crippen LogP contribution in [-0.4, -0.2) is 24.0 Å². The fourth-order valence-corrected chi connectivity index (χ4v) is 3.07. The Bertz CT molecular complexity index is 572. The molecule has 0 fully saturated rings. The molecule has 1 aromatic carbocycles. The molecule has 1 aliphatic rings. The van der Waals surface area contributed by atoms with Gasteiger partial charge in [0.2, 0.25) is 0 Å². The van der Waals surface area contributed by atoms with Crippen LogP contribution in [-0.2, 0) is 6.18 Å². The van der Waals surface area contributed by atoms with Gasteiger partial charge in [-0.15, -0.1) is 0 Å². The fraction of sp³-hybridized carbons (Fsp3) is 0.556. The van der Waals surface area contributed by atoms with Crippen molar-refractivity contribution in [2.45, 2.75) is 52.8 Å². The molecule has 22 heavy (non-hydrogen) atoms. The summed E-state index contributed by atoms with van der Waals surface area (Å²) in [6.45, 7) is 9.39. The van der Waals surface area contributed by atoms with Crippen molar-refractivity contribution in [3.63, 3.8) is 0 Å². The number of hydrogen-bond acceptors (Lipinski definition) is 1. The summed E-state index contributed by atoms with van der Waals surface area (Å²) in [4.78, 5) is 2.37. The van der Waals surface area contributed by atoms with Crippen molar-refractivity contribution < 1.29 is 13.2 Å². The summed E-state index contributed by atoms with van der Waals surface area (Å²) < 4.78 is 39.5. The zero-order valence-electron chi connectivity index (χ0n) is 13.7. The highest BCUT2D eigenvalue weighted by Gasteiger charge is 2.33. The summed E-state index contributed by atoms with van der Waals surface area (Å²) in [6.07, 6.45) is -0.294. The third-order valence-corrected chi connectivity index (χ3v) is 4.66. The van der Waals surface area contributed by atoms with Crippen molar-refractivity contribution in [2.75, 3.05) is 13.1 Å². The van der Waals surface area contributed by atoms with E-state index in [0.29, 0.717) is 17.2 Å². The second-order valence-corrected chi connectivity index (χ2v) is 6.21. The van der Waals surface area contributed by atoms with E-state index >= 15 is 0 Å². The number of benzene rings is 1. The Balaban J connectivity index is 2.34. The van der Waals surface area contributed by atoms with Gasteiger partial charge in [0.1, 0.15) is 0 Å². The van der Waals surface area contributed by atoms with E-state index in [-0.39, 0.29) is 0 Å². The van der Waals surface area contributed by atoms with Gasteiger partial charge < -0.3 is 0 Å². The van der Waals surface area contributed by atoms with Crippen LogP contribution in [0.25, 0.3) is 5.57 Å². The molecule has 0 bridgehead atoms. The van der Waals surface area contributed by atoms with Gasteiger partial charge in [0.15, 0.2) is 0 Å². The van der Waals surface area contributed by atoms with Crippen molar-refractivity contribution in [3.8, 4) is 0 Å². The molecular weight excluding hydrogens is 287 g/mol. The standard InChI is InChI=1S/C18H24F3N/c1-5-13(3)22-8-6-15(7-9-22)16-10-12(2)11-17(14(16)4)18(19,20)21/h6,10-11,13H,5,7-9H2,1-4H3. The lowest BCUT2D eigenvalue weighted by Gasteiger charge is -2.32. The lowest BCUT2D eigenvalue weighted by atomic mass is 9.90. The second-order valence-electron chi connectivity index (χ2n) is 6.21. The van der Waals surface area contributed by atoms with E-state index in [0.717, 1.165) is 37.1 Å². The minimum absolute atomic E-state index is 0.348. The van der Waals surface area contributed by atoms with Crippen LogP contribution in [0.4, 0.5) is 13.2 Å². The molecule has 0 N–H and O–H groups in total. The molecule has 0 aromatic heterocycles. The van der Waals surface area contributed by atoms with Gasteiger partial charge in [-0.25, -0.2) is 0 Å². The first-order valence-corrected chi connectivity index (χ1v) is 7.86. The predicted molar refractivity (Wildman–Crippen MR) is 84.8 cm³/mol. The van der Waals surface area contributed by atoms with Crippen LogP contribution < -0.4 is 0 Å². The minimum Gasteiger partial charge on any atom is -0.297 e. The molecule has 1 unspecified atom stereocenters. The third-order valence-electron chi connectivity index (χ3n) is 4.66. The minimum atomic E-state index is -4.29. The zero-order valence-corrected chi connectivity index (χ0v) is 13.7. The van der Waals surface area contributed by atoms with Gasteiger partial charge in [0.05, 0.1) is 5.56 Å². The molecule has 2 rings (SSSR count). The molecular formula is C18H24F3N. The first-order chi connectivity index (χ1) is 10.2. The summed E-state index contributed by atoms with van der Waals surface area (Å²) >= 11 is 0. The molecule has 1 heterocycles. The lowest BCUT2D eigenvalue weighted by Crippen LogP contribution is -2.36. The number of halogens is 3. The highest BCUT2D eigenvalue weighted by atomic mass is 19.4. The van der Waals surface area contributed by atoms with E-state index in [9.17, 15) is 13.2 Å². The van der Waals surface area contributed by atoms with Crippen LogP contribution >= 0.6 is 0 Å². The van der Waals surface area contributed by atoms with Crippen LogP contribution in [0.5, 0.6) is 0 Å². The molecule has 0 amide bonds. The Morgan fingerprint density at radius 3 is 2.41 bits per heavy atom. The topological polar surface area (TPSA) is 3.24 Å². The summed E-state index contributed by atoms with van der Waals surface area (Å²) in [5.41, 5.74) is 2.31. The van der Waals surface area contributed by atoms with Crippen LogP contribution in [0.3, 0.4) is 0 Å². The number of rotatable bonds is 3. The van der Waals surface area contributed by atoms with Crippen molar-refractivity contribution in [1.82, 2.24) is 4.90 Å². The molecule has 0 radical (unpaired) electrons. The Kier molecular flexibility index (Phi) is 5.00. The van der Waals surface area contributed by atoms with Crippen LogP contribution in [0.15, 0.2) is 18.2 Å². The number of alkyl halides is 3. The predicted octanol–water partition coefficient (Wildman–Crippen LogP) is 5.21. The third kappa shape index (κ3) is 3.54. The molecule has 1 aliphatic heterocycles. The number of nitrogens with zero attached hydrogens (tertiary/aromatic N) is 1. The molecule has 0 saturated heterocycles. The molecule has 4 heteroatoms. The first kappa shape index (κ1) is 17.1. The van der Waals surface area contributed by atoms with Crippen LogP contribution in [0.1, 0.15) is 48.9 Å². The Hall–Kier alpha value is -1.29. The van der Waals surface area contributed by atoms with Crippen molar-refractivity contribution >= 4 is 5.57 Å². The van der Waals surface area contributed by atoms with Gasteiger partial charge in [0.25, 0.3) is 0 Å². The van der Waals surface area contributed by atoms with Gasteiger partial charge >= 0.3 is 6.18 Å². The summed E-state index contributed by atoms with van der Waals surface area (Å²) in [5.74, 6) is 0. The van der Waals surface area contributed by atoms with E-state index in [1.54, 1.807) is 13.8 Å². The fourth-order valence-electron chi connectivity index (χ4n) is 3.07. The van der Waals surface area contributed by atoms with Crippen molar-refractivity contribution in [3.05, 3.63) is 40.5 Å². The number of hydrogen-bond donors (Lipinski definition) is 0. The lowest BCUT2D eigenvalue weighted by molar-refractivity contribution is -0.138. The second kappa shape index (κ2) is 6.45. The first-order valence-electron chi connectivity index (χ1n) is 7.86. The summed E-state index contributed by atoms with van der Waals surface area (Å²) in [7, 11) is 0.